The quantitative estimate of drug-likeness (QED) is 0.658. The fraction of sp³-hybridized carbons (Fsp3) is 0.391. The molecule has 2 aromatic carbocycles. The first kappa shape index (κ1) is 22.4. The van der Waals surface area contributed by atoms with Crippen molar-refractivity contribution in [2.24, 2.45) is 0 Å². The SMILES string of the molecule is CCOc1cc(C(=O)NC2CC(=O)N(c3ccc(F)cc3)C2)cc(OCC)c1OCC. The second-order valence-corrected chi connectivity index (χ2v) is 6.96. The molecule has 2 amide bonds. The Hall–Kier alpha value is -3.29. The smallest absolute Gasteiger partial charge is 0.251 e. The molecule has 0 saturated carbocycles. The van der Waals surface area contributed by atoms with Gasteiger partial charge in [-0.3, -0.25) is 9.59 Å². The molecule has 1 aliphatic heterocycles. The molecule has 1 fully saturated rings. The summed E-state index contributed by atoms with van der Waals surface area (Å²) in [6.07, 6.45) is 0.163. The van der Waals surface area contributed by atoms with Gasteiger partial charge in [-0.25, -0.2) is 4.39 Å². The third kappa shape index (κ3) is 5.25. The summed E-state index contributed by atoms with van der Waals surface area (Å²) in [4.78, 5) is 26.9. The van der Waals surface area contributed by atoms with E-state index in [0.717, 1.165) is 0 Å². The van der Waals surface area contributed by atoms with Crippen molar-refractivity contribution in [3.63, 3.8) is 0 Å². The largest absolute Gasteiger partial charge is 0.490 e. The third-order valence-corrected chi connectivity index (χ3v) is 4.77. The average molecular weight is 430 g/mol. The van der Waals surface area contributed by atoms with Gasteiger partial charge in [0, 0.05) is 24.2 Å². The summed E-state index contributed by atoms with van der Waals surface area (Å²) in [6, 6.07) is 8.56. The van der Waals surface area contributed by atoms with Crippen LogP contribution in [0.3, 0.4) is 0 Å². The van der Waals surface area contributed by atoms with Crippen molar-refractivity contribution in [2.45, 2.75) is 33.2 Å². The first-order valence-electron chi connectivity index (χ1n) is 10.4. The van der Waals surface area contributed by atoms with Gasteiger partial charge in [-0.05, 0) is 57.2 Å². The minimum Gasteiger partial charge on any atom is -0.490 e. The summed E-state index contributed by atoms with van der Waals surface area (Å²) in [5.74, 6) is 0.469. The molecular formula is C23H27FN2O5. The van der Waals surface area contributed by atoms with E-state index >= 15 is 0 Å². The van der Waals surface area contributed by atoms with Crippen molar-refractivity contribution in [3.8, 4) is 17.2 Å². The van der Waals surface area contributed by atoms with Crippen LogP contribution < -0.4 is 24.4 Å². The van der Waals surface area contributed by atoms with Crippen molar-refractivity contribution in [2.75, 3.05) is 31.3 Å². The predicted octanol–water partition coefficient (Wildman–Crippen LogP) is 3.56. The highest BCUT2D eigenvalue weighted by Gasteiger charge is 2.32. The second-order valence-electron chi connectivity index (χ2n) is 6.96. The minimum absolute atomic E-state index is 0.131. The Kier molecular flexibility index (Phi) is 7.33. The van der Waals surface area contributed by atoms with Gasteiger partial charge in [0.15, 0.2) is 11.5 Å². The number of halogens is 1. The van der Waals surface area contributed by atoms with Crippen LogP contribution in [0, 0.1) is 5.82 Å². The van der Waals surface area contributed by atoms with Gasteiger partial charge < -0.3 is 24.4 Å². The molecule has 1 aliphatic rings. The molecule has 0 radical (unpaired) electrons. The standard InChI is InChI=1S/C23H27FN2O5/c1-4-29-19-11-15(12-20(30-5-2)22(19)31-6-3)23(28)25-17-13-21(27)26(14-17)18-9-7-16(24)8-10-18/h7-12,17H,4-6,13-14H2,1-3H3,(H,25,28). The maximum absolute atomic E-state index is 13.2. The Morgan fingerprint density at radius 3 is 2.16 bits per heavy atom. The van der Waals surface area contributed by atoms with Crippen LogP contribution in [0.2, 0.25) is 0 Å². The summed E-state index contributed by atoms with van der Waals surface area (Å²) in [6.45, 7) is 7.09. The van der Waals surface area contributed by atoms with Crippen LogP contribution in [-0.2, 0) is 4.79 Å². The number of rotatable bonds is 9. The van der Waals surface area contributed by atoms with Crippen LogP contribution in [0.25, 0.3) is 0 Å². The van der Waals surface area contributed by atoms with Gasteiger partial charge in [0.05, 0.1) is 25.9 Å². The Labute approximate surface area is 181 Å². The van der Waals surface area contributed by atoms with E-state index in [4.69, 9.17) is 14.2 Å². The monoisotopic (exact) mass is 430 g/mol. The molecule has 31 heavy (non-hydrogen) atoms. The lowest BCUT2D eigenvalue weighted by molar-refractivity contribution is -0.117. The number of ether oxygens (including phenoxy) is 3. The van der Waals surface area contributed by atoms with Crippen molar-refractivity contribution in [3.05, 3.63) is 47.8 Å². The van der Waals surface area contributed by atoms with E-state index in [1.165, 1.54) is 12.1 Å². The zero-order valence-corrected chi connectivity index (χ0v) is 17.9. The fourth-order valence-corrected chi connectivity index (χ4v) is 3.46. The molecule has 7 nitrogen and oxygen atoms in total. The maximum Gasteiger partial charge on any atom is 0.251 e. The van der Waals surface area contributed by atoms with Crippen LogP contribution in [0.15, 0.2) is 36.4 Å². The lowest BCUT2D eigenvalue weighted by Gasteiger charge is -2.19. The van der Waals surface area contributed by atoms with Crippen molar-refractivity contribution >= 4 is 17.5 Å². The molecular weight excluding hydrogens is 403 g/mol. The summed E-state index contributed by atoms with van der Waals surface area (Å²) in [5, 5.41) is 2.90. The maximum atomic E-state index is 13.2. The van der Waals surface area contributed by atoms with Gasteiger partial charge in [0.1, 0.15) is 5.82 Å². The van der Waals surface area contributed by atoms with Gasteiger partial charge >= 0.3 is 0 Å². The fourth-order valence-electron chi connectivity index (χ4n) is 3.46. The van der Waals surface area contributed by atoms with Crippen molar-refractivity contribution in [1.29, 1.82) is 0 Å². The highest BCUT2D eigenvalue weighted by molar-refractivity contribution is 5.99. The third-order valence-electron chi connectivity index (χ3n) is 4.77. The summed E-state index contributed by atoms with van der Waals surface area (Å²) >= 11 is 0. The summed E-state index contributed by atoms with van der Waals surface area (Å²) < 4.78 is 30.2. The van der Waals surface area contributed by atoms with Crippen LogP contribution >= 0.6 is 0 Å². The van der Waals surface area contributed by atoms with E-state index in [2.05, 4.69) is 5.32 Å². The Morgan fingerprint density at radius 2 is 1.61 bits per heavy atom. The molecule has 1 N–H and O–H groups in total. The number of nitrogens with zero attached hydrogens (tertiary/aromatic N) is 1. The van der Waals surface area contributed by atoms with E-state index < -0.39 is 0 Å². The molecule has 0 bridgehead atoms. The number of anilines is 1. The van der Waals surface area contributed by atoms with Crippen LogP contribution in [0.5, 0.6) is 17.2 Å². The molecule has 0 aromatic heterocycles. The highest BCUT2D eigenvalue weighted by Crippen LogP contribution is 2.39. The topological polar surface area (TPSA) is 77.1 Å². The molecule has 0 spiro atoms. The molecule has 3 rings (SSSR count). The number of nitrogens with one attached hydrogen (secondary N) is 1. The molecule has 1 saturated heterocycles. The zero-order chi connectivity index (χ0) is 22.4. The highest BCUT2D eigenvalue weighted by atomic mass is 19.1. The number of carbonyl (C=O) groups excluding carboxylic acids is 2. The molecule has 8 heteroatoms. The summed E-state index contributed by atoms with van der Waals surface area (Å²) in [7, 11) is 0. The Bertz CT molecular complexity index is 905. The number of amides is 2. The molecule has 2 aromatic rings. The van der Waals surface area contributed by atoms with E-state index in [9.17, 15) is 14.0 Å². The minimum atomic E-state index is -0.372. The average Bonchev–Trinajstić information content (AvgIpc) is 3.11. The molecule has 1 unspecified atom stereocenters. The molecule has 1 atom stereocenters. The van der Waals surface area contributed by atoms with E-state index in [0.29, 0.717) is 54.9 Å². The van der Waals surface area contributed by atoms with Crippen molar-refractivity contribution in [1.82, 2.24) is 5.32 Å². The second kappa shape index (κ2) is 10.1. The Balaban J connectivity index is 1.78. The summed E-state index contributed by atoms with van der Waals surface area (Å²) in [5.41, 5.74) is 0.949. The van der Waals surface area contributed by atoms with Gasteiger partial charge in [0.25, 0.3) is 5.91 Å². The van der Waals surface area contributed by atoms with Crippen molar-refractivity contribution < 1.29 is 28.2 Å². The number of hydrogen-bond acceptors (Lipinski definition) is 5. The van der Waals surface area contributed by atoms with Gasteiger partial charge in [-0.1, -0.05) is 0 Å². The normalized spacial score (nSPS) is 15.7. The Morgan fingerprint density at radius 1 is 1.03 bits per heavy atom. The first-order valence-corrected chi connectivity index (χ1v) is 10.4. The number of carbonyl (C=O) groups is 2. The van der Waals surface area contributed by atoms with E-state index in [1.807, 2.05) is 20.8 Å². The van der Waals surface area contributed by atoms with Gasteiger partial charge in [-0.15, -0.1) is 0 Å². The lowest BCUT2D eigenvalue weighted by Crippen LogP contribution is -2.37. The van der Waals surface area contributed by atoms with Crippen LogP contribution in [-0.4, -0.2) is 44.2 Å². The van der Waals surface area contributed by atoms with E-state index in [-0.39, 0.29) is 30.1 Å². The van der Waals surface area contributed by atoms with Gasteiger partial charge in [0.2, 0.25) is 11.7 Å². The lowest BCUT2D eigenvalue weighted by atomic mass is 10.1. The van der Waals surface area contributed by atoms with Crippen LogP contribution in [0.4, 0.5) is 10.1 Å². The zero-order valence-electron chi connectivity index (χ0n) is 17.9. The number of benzene rings is 2. The molecule has 1 heterocycles. The molecule has 166 valence electrons. The van der Waals surface area contributed by atoms with E-state index in [1.54, 1.807) is 29.2 Å². The molecule has 0 aliphatic carbocycles. The van der Waals surface area contributed by atoms with Gasteiger partial charge in [-0.2, -0.15) is 0 Å². The van der Waals surface area contributed by atoms with Crippen LogP contribution in [0.1, 0.15) is 37.6 Å². The number of hydrogen-bond donors (Lipinski definition) is 1. The predicted molar refractivity (Wildman–Crippen MR) is 115 cm³/mol. The first-order chi connectivity index (χ1) is 15.0.